The molecule has 0 aromatic heterocycles. The van der Waals surface area contributed by atoms with E-state index in [0.29, 0.717) is 25.4 Å². The molecule has 0 radical (unpaired) electrons. The summed E-state index contributed by atoms with van der Waals surface area (Å²) in [4.78, 5) is 29.3. The molecule has 0 aromatic carbocycles. The number of nitrogens with two attached hydrogens (primary N) is 1. The minimum Gasteiger partial charge on any atom is -0.370 e. The van der Waals surface area contributed by atoms with Crippen LogP contribution in [0.5, 0.6) is 0 Å². The van der Waals surface area contributed by atoms with E-state index in [1.165, 1.54) is 0 Å². The van der Waals surface area contributed by atoms with Crippen LogP contribution in [0.15, 0.2) is 4.99 Å². The summed E-state index contributed by atoms with van der Waals surface area (Å²) in [5.41, 5.74) is 4.92. The number of likely N-dealkylation sites (tertiary alicyclic amines) is 1. The second-order valence-electron chi connectivity index (χ2n) is 7.10. The quantitative estimate of drug-likeness (QED) is 0.250. The second kappa shape index (κ2) is 10.7. The molecule has 0 saturated carbocycles. The summed E-state index contributed by atoms with van der Waals surface area (Å²) < 4.78 is 0. The SMILES string of the molecule is CN=C(NCCNC(=O)C(C)(C)C)N1CCCC(CC(N)=O)C1.I. The third-order valence-corrected chi connectivity index (χ3v) is 3.90. The van der Waals surface area contributed by atoms with Gasteiger partial charge in [-0.25, -0.2) is 0 Å². The predicted octanol–water partition coefficient (Wildman–Crippen LogP) is 0.929. The van der Waals surface area contributed by atoms with Crippen molar-refractivity contribution in [3.8, 4) is 0 Å². The molecule has 140 valence electrons. The molecule has 1 aliphatic heterocycles. The van der Waals surface area contributed by atoms with Crippen LogP contribution < -0.4 is 16.4 Å². The fourth-order valence-corrected chi connectivity index (χ4v) is 2.66. The van der Waals surface area contributed by atoms with E-state index in [4.69, 9.17) is 5.73 Å². The van der Waals surface area contributed by atoms with Gasteiger partial charge < -0.3 is 21.3 Å². The normalized spacial score (nSPS) is 18.6. The Morgan fingerprint density at radius 3 is 2.42 bits per heavy atom. The molecule has 8 heteroatoms. The predicted molar refractivity (Wildman–Crippen MR) is 107 cm³/mol. The number of aliphatic imine (C=N–C) groups is 1. The van der Waals surface area contributed by atoms with Crippen molar-refractivity contribution in [2.75, 3.05) is 33.2 Å². The highest BCUT2D eigenvalue weighted by Crippen LogP contribution is 2.19. The average Bonchev–Trinajstić information content (AvgIpc) is 2.45. The molecule has 1 heterocycles. The van der Waals surface area contributed by atoms with Crippen molar-refractivity contribution in [3.63, 3.8) is 0 Å². The molecule has 24 heavy (non-hydrogen) atoms. The van der Waals surface area contributed by atoms with Crippen LogP contribution in [0.3, 0.4) is 0 Å². The maximum Gasteiger partial charge on any atom is 0.225 e. The Labute approximate surface area is 162 Å². The minimum absolute atomic E-state index is 0. The molecule has 0 bridgehead atoms. The maximum atomic E-state index is 11.8. The highest BCUT2D eigenvalue weighted by atomic mass is 127. The van der Waals surface area contributed by atoms with E-state index in [2.05, 4.69) is 20.5 Å². The van der Waals surface area contributed by atoms with Gasteiger partial charge >= 0.3 is 0 Å². The molecule has 0 spiro atoms. The van der Waals surface area contributed by atoms with E-state index < -0.39 is 0 Å². The lowest BCUT2D eigenvalue weighted by molar-refractivity contribution is -0.128. The van der Waals surface area contributed by atoms with E-state index in [-0.39, 0.29) is 41.2 Å². The van der Waals surface area contributed by atoms with Gasteiger partial charge in [0.05, 0.1) is 0 Å². The summed E-state index contributed by atoms with van der Waals surface area (Å²) in [6, 6.07) is 0. The van der Waals surface area contributed by atoms with Gasteiger partial charge in [0, 0.05) is 45.1 Å². The Morgan fingerprint density at radius 2 is 1.88 bits per heavy atom. The van der Waals surface area contributed by atoms with E-state index >= 15 is 0 Å². The number of carbonyl (C=O) groups is 2. The summed E-state index contributed by atoms with van der Waals surface area (Å²) >= 11 is 0. The number of hydrogen-bond donors (Lipinski definition) is 3. The number of primary amides is 1. The third-order valence-electron chi connectivity index (χ3n) is 3.90. The lowest BCUT2D eigenvalue weighted by Gasteiger charge is -2.34. The zero-order chi connectivity index (χ0) is 17.5. The van der Waals surface area contributed by atoms with Crippen LogP contribution in [0, 0.1) is 11.3 Å². The number of hydrogen-bond acceptors (Lipinski definition) is 3. The number of nitrogens with one attached hydrogen (secondary N) is 2. The second-order valence-corrected chi connectivity index (χ2v) is 7.10. The van der Waals surface area contributed by atoms with Gasteiger partial charge in [0.25, 0.3) is 0 Å². The van der Waals surface area contributed by atoms with Gasteiger partial charge in [0.15, 0.2) is 5.96 Å². The van der Waals surface area contributed by atoms with Gasteiger partial charge in [-0.15, -0.1) is 24.0 Å². The number of piperidine rings is 1. The van der Waals surface area contributed by atoms with Crippen LogP contribution in [0.1, 0.15) is 40.0 Å². The van der Waals surface area contributed by atoms with Crippen LogP contribution >= 0.6 is 24.0 Å². The van der Waals surface area contributed by atoms with Crippen molar-refractivity contribution in [1.29, 1.82) is 0 Å². The molecule has 1 saturated heterocycles. The van der Waals surface area contributed by atoms with Crippen molar-refractivity contribution in [3.05, 3.63) is 0 Å². The van der Waals surface area contributed by atoms with Crippen LogP contribution in [-0.4, -0.2) is 55.9 Å². The first-order valence-corrected chi connectivity index (χ1v) is 8.26. The first kappa shape index (κ1) is 22.9. The van der Waals surface area contributed by atoms with E-state index in [1.54, 1.807) is 7.05 Å². The maximum absolute atomic E-state index is 11.8. The first-order chi connectivity index (χ1) is 10.7. The van der Waals surface area contributed by atoms with Gasteiger partial charge in [0.2, 0.25) is 11.8 Å². The Hall–Kier alpha value is -1.06. The standard InChI is InChI=1S/C16H31N5O2.HI/c1-16(2,3)14(23)19-7-8-20-15(18-4)21-9-5-6-12(11-21)10-13(17)22;/h12H,5-11H2,1-4H3,(H2,17,22)(H,18,20)(H,19,23);1H. The highest BCUT2D eigenvalue weighted by Gasteiger charge is 2.24. The number of nitrogens with zero attached hydrogens (tertiary/aromatic N) is 2. The average molecular weight is 453 g/mol. The largest absolute Gasteiger partial charge is 0.370 e. The Bertz CT molecular complexity index is 448. The summed E-state index contributed by atoms with van der Waals surface area (Å²) in [6.45, 7) is 8.54. The van der Waals surface area contributed by atoms with E-state index in [9.17, 15) is 9.59 Å². The van der Waals surface area contributed by atoms with Crippen LogP contribution in [-0.2, 0) is 9.59 Å². The van der Waals surface area contributed by atoms with Crippen molar-refractivity contribution in [2.24, 2.45) is 22.1 Å². The highest BCUT2D eigenvalue weighted by molar-refractivity contribution is 14.0. The number of guanidine groups is 1. The fourth-order valence-electron chi connectivity index (χ4n) is 2.66. The molecular formula is C16H32IN5O2. The molecule has 2 amide bonds. The van der Waals surface area contributed by atoms with Crippen LogP contribution in [0.2, 0.25) is 0 Å². The van der Waals surface area contributed by atoms with Gasteiger partial charge in [-0.3, -0.25) is 14.6 Å². The van der Waals surface area contributed by atoms with Gasteiger partial charge in [-0.1, -0.05) is 20.8 Å². The smallest absolute Gasteiger partial charge is 0.225 e. The van der Waals surface area contributed by atoms with E-state index in [1.807, 2.05) is 20.8 Å². The molecular weight excluding hydrogens is 421 g/mol. The van der Waals surface area contributed by atoms with Crippen LogP contribution in [0.4, 0.5) is 0 Å². The summed E-state index contributed by atoms with van der Waals surface area (Å²) in [7, 11) is 1.74. The van der Waals surface area contributed by atoms with Crippen molar-refractivity contribution in [1.82, 2.24) is 15.5 Å². The molecule has 0 aliphatic carbocycles. The summed E-state index contributed by atoms with van der Waals surface area (Å²) in [6.07, 6.45) is 2.48. The molecule has 1 fully saturated rings. The lowest BCUT2D eigenvalue weighted by Crippen LogP contribution is -2.49. The van der Waals surface area contributed by atoms with Gasteiger partial charge in [-0.05, 0) is 18.8 Å². The Morgan fingerprint density at radius 1 is 1.25 bits per heavy atom. The van der Waals surface area contributed by atoms with Crippen LogP contribution in [0.25, 0.3) is 0 Å². The molecule has 1 rings (SSSR count). The number of amides is 2. The number of carbonyl (C=O) groups excluding carboxylic acids is 2. The molecule has 0 aromatic rings. The molecule has 1 aliphatic rings. The molecule has 7 nitrogen and oxygen atoms in total. The number of rotatable bonds is 5. The zero-order valence-electron chi connectivity index (χ0n) is 15.2. The fraction of sp³-hybridized carbons (Fsp3) is 0.812. The topological polar surface area (TPSA) is 99.8 Å². The summed E-state index contributed by atoms with van der Waals surface area (Å²) in [5, 5.41) is 6.17. The van der Waals surface area contributed by atoms with Gasteiger partial charge in [0.1, 0.15) is 0 Å². The van der Waals surface area contributed by atoms with Gasteiger partial charge in [-0.2, -0.15) is 0 Å². The molecule has 1 atom stereocenters. The van der Waals surface area contributed by atoms with Crippen molar-refractivity contribution < 1.29 is 9.59 Å². The van der Waals surface area contributed by atoms with Crippen molar-refractivity contribution in [2.45, 2.75) is 40.0 Å². The minimum atomic E-state index is -0.378. The molecule has 4 N–H and O–H groups in total. The summed E-state index contributed by atoms with van der Waals surface area (Å²) in [5.74, 6) is 0.892. The molecule has 1 unspecified atom stereocenters. The number of halogens is 1. The Kier molecular flexibility index (Phi) is 10.3. The monoisotopic (exact) mass is 453 g/mol. The lowest BCUT2D eigenvalue weighted by atomic mass is 9.95. The third kappa shape index (κ3) is 8.16. The van der Waals surface area contributed by atoms with E-state index in [0.717, 1.165) is 31.9 Å². The van der Waals surface area contributed by atoms with Crippen molar-refractivity contribution >= 4 is 41.8 Å². The zero-order valence-corrected chi connectivity index (χ0v) is 17.6. The Balaban J connectivity index is 0.00000529. The first-order valence-electron chi connectivity index (χ1n) is 8.26.